The molecule has 0 fully saturated rings. The number of carbonyl (C=O) groups is 1. The highest BCUT2D eigenvalue weighted by Gasteiger charge is 2.31. The third-order valence-corrected chi connectivity index (χ3v) is 7.38. The maximum absolute atomic E-state index is 13.3. The molecule has 6 nitrogen and oxygen atoms in total. The molecule has 0 radical (unpaired) electrons. The molecule has 1 aliphatic heterocycles. The van der Waals surface area contributed by atoms with E-state index in [1.165, 1.54) is 16.4 Å². The lowest BCUT2D eigenvalue weighted by Crippen LogP contribution is -2.30. The largest absolute Gasteiger partial charge is 0.494 e. The lowest BCUT2D eigenvalue weighted by Gasteiger charge is -2.20. The van der Waals surface area contributed by atoms with Crippen molar-refractivity contribution in [1.82, 2.24) is 5.32 Å². The van der Waals surface area contributed by atoms with Crippen molar-refractivity contribution < 1.29 is 17.9 Å². The minimum Gasteiger partial charge on any atom is -0.494 e. The number of ether oxygens (including phenoxy) is 1. The van der Waals surface area contributed by atoms with E-state index in [0.29, 0.717) is 30.8 Å². The molecule has 0 aromatic heterocycles. The third-order valence-electron chi connectivity index (χ3n) is 5.57. The number of para-hydroxylation sites is 1. The highest BCUT2D eigenvalue weighted by Crippen LogP contribution is 2.32. The summed E-state index contributed by atoms with van der Waals surface area (Å²) in [5.41, 5.74) is 2.94. The molecule has 32 heavy (non-hydrogen) atoms. The smallest absolute Gasteiger partial charge is 0.264 e. The number of benzene rings is 3. The number of carbonyl (C=O) groups excluding carboxylic acids is 1. The fraction of sp³-hybridized carbons (Fsp3) is 0.240. The fourth-order valence-corrected chi connectivity index (χ4v) is 5.41. The minimum absolute atomic E-state index is 0.107. The monoisotopic (exact) mass is 450 g/mol. The van der Waals surface area contributed by atoms with Gasteiger partial charge in [-0.25, -0.2) is 8.42 Å². The molecule has 0 saturated heterocycles. The highest BCUT2D eigenvalue weighted by molar-refractivity contribution is 7.92. The molecule has 166 valence electrons. The van der Waals surface area contributed by atoms with Crippen LogP contribution < -0.4 is 14.4 Å². The average molecular weight is 451 g/mol. The van der Waals surface area contributed by atoms with Gasteiger partial charge in [0, 0.05) is 12.1 Å². The predicted octanol–water partition coefficient (Wildman–Crippen LogP) is 4.33. The van der Waals surface area contributed by atoms with E-state index < -0.39 is 10.0 Å². The Hall–Kier alpha value is -3.32. The molecule has 0 bridgehead atoms. The van der Waals surface area contributed by atoms with Crippen LogP contribution in [0, 0.1) is 0 Å². The Kier molecular flexibility index (Phi) is 6.19. The van der Waals surface area contributed by atoms with Crippen molar-refractivity contribution in [3.63, 3.8) is 0 Å². The molecule has 0 spiro atoms. The maximum Gasteiger partial charge on any atom is 0.264 e. The molecular weight excluding hydrogens is 424 g/mol. The standard InChI is InChI=1S/C25H26N2O4S/c1-3-31-22-13-11-19(12-14-22)18(2)26-25(28)21-8-6-9-23(17-21)32(29,30)27-16-15-20-7-4-5-10-24(20)27/h4-14,17-18H,3,15-16H2,1-2H3,(H,26,28). The van der Waals surface area contributed by atoms with Gasteiger partial charge in [-0.2, -0.15) is 0 Å². The summed E-state index contributed by atoms with van der Waals surface area (Å²) in [5, 5.41) is 2.94. The highest BCUT2D eigenvalue weighted by atomic mass is 32.2. The van der Waals surface area contributed by atoms with Crippen LogP contribution in [-0.2, 0) is 16.4 Å². The number of hydrogen-bond acceptors (Lipinski definition) is 4. The zero-order valence-electron chi connectivity index (χ0n) is 18.1. The third kappa shape index (κ3) is 4.34. The van der Waals surface area contributed by atoms with Crippen LogP contribution in [0.25, 0.3) is 0 Å². The SMILES string of the molecule is CCOc1ccc(C(C)NC(=O)c2cccc(S(=O)(=O)N3CCc4ccccc43)c2)cc1. The summed E-state index contributed by atoms with van der Waals surface area (Å²) in [6.07, 6.45) is 0.676. The first kappa shape index (κ1) is 21.9. The number of fused-ring (bicyclic) bond motifs is 1. The first-order valence-electron chi connectivity index (χ1n) is 10.6. The van der Waals surface area contributed by atoms with Crippen LogP contribution in [0.5, 0.6) is 5.75 Å². The lowest BCUT2D eigenvalue weighted by molar-refractivity contribution is 0.0939. The van der Waals surface area contributed by atoms with Gasteiger partial charge >= 0.3 is 0 Å². The zero-order valence-corrected chi connectivity index (χ0v) is 18.9. The molecule has 0 saturated carbocycles. The Bertz CT molecular complexity index is 1220. The Labute approximate surface area is 188 Å². The van der Waals surface area contributed by atoms with Crippen molar-refractivity contribution in [1.29, 1.82) is 0 Å². The van der Waals surface area contributed by atoms with Crippen LogP contribution in [0.2, 0.25) is 0 Å². The Morgan fingerprint density at radius 3 is 2.56 bits per heavy atom. The van der Waals surface area contributed by atoms with Gasteiger partial charge in [0.2, 0.25) is 0 Å². The van der Waals surface area contributed by atoms with Gasteiger partial charge < -0.3 is 10.1 Å². The van der Waals surface area contributed by atoms with Gasteiger partial charge in [0.15, 0.2) is 0 Å². The quantitative estimate of drug-likeness (QED) is 0.581. The van der Waals surface area contributed by atoms with E-state index in [0.717, 1.165) is 16.9 Å². The summed E-state index contributed by atoms with van der Waals surface area (Å²) in [6.45, 7) is 4.80. The topological polar surface area (TPSA) is 75.7 Å². The molecule has 1 amide bonds. The summed E-state index contributed by atoms with van der Waals surface area (Å²) in [7, 11) is -3.76. The van der Waals surface area contributed by atoms with E-state index in [9.17, 15) is 13.2 Å². The number of nitrogens with zero attached hydrogens (tertiary/aromatic N) is 1. The fourth-order valence-electron chi connectivity index (χ4n) is 3.87. The molecule has 1 atom stereocenters. The maximum atomic E-state index is 13.3. The number of nitrogens with one attached hydrogen (secondary N) is 1. The summed E-state index contributed by atoms with van der Waals surface area (Å²) in [4.78, 5) is 13.0. The van der Waals surface area contributed by atoms with Gasteiger partial charge in [0.25, 0.3) is 15.9 Å². The van der Waals surface area contributed by atoms with Gasteiger partial charge in [-0.3, -0.25) is 9.10 Å². The van der Waals surface area contributed by atoms with E-state index in [4.69, 9.17) is 4.74 Å². The summed E-state index contributed by atoms with van der Waals surface area (Å²) < 4.78 is 33.4. The second kappa shape index (κ2) is 9.04. The van der Waals surface area contributed by atoms with Crippen LogP contribution in [-0.4, -0.2) is 27.5 Å². The van der Waals surface area contributed by atoms with Crippen molar-refractivity contribution in [3.8, 4) is 5.75 Å². The number of sulfonamides is 1. The molecular formula is C25H26N2O4S. The van der Waals surface area contributed by atoms with Gasteiger partial charge in [-0.1, -0.05) is 36.4 Å². The van der Waals surface area contributed by atoms with Gasteiger partial charge in [0.1, 0.15) is 5.75 Å². The van der Waals surface area contributed by atoms with E-state index >= 15 is 0 Å². The molecule has 3 aromatic rings. The first-order chi connectivity index (χ1) is 15.4. The van der Waals surface area contributed by atoms with Crippen molar-refractivity contribution >= 4 is 21.6 Å². The summed E-state index contributed by atoms with van der Waals surface area (Å²) >= 11 is 0. The van der Waals surface area contributed by atoms with Gasteiger partial charge in [0.05, 0.1) is 23.2 Å². The number of anilines is 1. The molecule has 4 rings (SSSR count). The molecule has 7 heteroatoms. The Balaban J connectivity index is 1.52. The average Bonchev–Trinajstić information content (AvgIpc) is 3.25. The number of hydrogen-bond donors (Lipinski definition) is 1. The summed E-state index contributed by atoms with van der Waals surface area (Å²) in [5.74, 6) is 0.446. The lowest BCUT2D eigenvalue weighted by atomic mass is 10.1. The van der Waals surface area contributed by atoms with E-state index in [2.05, 4.69) is 5.32 Å². The minimum atomic E-state index is -3.76. The molecule has 3 aromatic carbocycles. The Morgan fingerprint density at radius 2 is 1.81 bits per heavy atom. The molecule has 0 aliphatic carbocycles. The summed E-state index contributed by atoms with van der Waals surface area (Å²) in [6, 6.07) is 21.0. The second-order valence-corrected chi connectivity index (χ2v) is 9.54. The van der Waals surface area contributed by atoms with Crippen LogP contribution in [0.4, 0.5) is 5.69 Å². The van der Waals surface area contributed by atoms with Crippen molar-refractivity contribution in [2.45, 2.75) is 31.2 Å². The zero-order chi connectivity index (χ0) is 22.7. The van der Waals surface area contributed by atoms with Crippen LogP contribution in [0.3, 0.4) is 0 Å². The van der Waals surface area contributed by atoms with Crippen molar-refractivity contribution in [2.75, 3.05) is 17.5 Å². The first-order valence-corrected chi connectivity index (χ1v) is 12.1. The van der Waals surface area contributed by atoms with Crippen molar-refractivity contribution in [3.05, 3.63) is 89.5 Å². The van der Waals surface area contributed by atoms with E-state index in [-0.39, 0.29) is 16.8 Å². The molecule has 1 N–H and O–H groups in total. The predicted molar refractivity (Wildman–Crippen MR) is 125 cm³/mol. The van der Waals surface area contributed by atoms with Crippen LogP contribution in [0.15, 0.2) is 77.7 Å². The van der Waals surface area contributed by atoms with Crippen LogP contribution >= 0.6 is 0 Å². The van der Waals surface area contributed by atoms with Gasteiger partial charge in [-0.05, 0) is 67.8 Å². The van der Waals surface area contributed by atoms with Crippen molar-refractivity contribution in [2.24, 2.45) is 0 Å². The molecule has 1 unspecified atom stereocenters. The normalized spacial score (nSPS) is 14.0. The Morgan fingerprint density at radius 1 is 1.06 bits per heavy atom. The molecule has 1 heterocycles. The van der Waals surface area contributed by atoms with Gasteiger partial charge in [-0.15, -0.1) is 0 Å². The van der Waals surface area contributed by atoms with E-state index in [1.807, 2.05) is 62.4 Å². The molecule has 1 aliphatic rings. The second-order valence-electron chi connectivity index (χ2n) is 7.68. The number of rotatable bonds is 7. The number of amides is 1. The van der Waals surface area contributed by atoms with Crippen LogP contribution in [0.1, 0.15) is 41.4 Å². The van der Waals surface area contributed by atoms with E-state index in [1.54, 1.807) is 12.1 Å².